The third-order valence-electron chi connectivity index (χ3n) is 2.60. The molecule has 4 nitrogen and oxygen atoms in total. The van der Waals surface area contributed by atoms with Gasteiger partial charge in [-0.25, -0.2) is 0 Å². The largest absolute Gasteiger partial charge is 0.573 e. The fourth-order valence-corrected chi connectivity index (χ4v) is 1.80. The lowest BCUT2D eigenvalue weighted by Crippen LogP contribution is -2.17. The minimum atomic E-state index is -4.76. The van der Waals surface area contributed by atoms with Crippen molar-refractivity contribution in [1.29, 1.82) is 0 Å². The molecular weight excluding hydrogens is 273 g/mol. The van der Waals surface area contributed by atoms with E-state index < -0.39 is 6.36 Å². The van der Waals surface area contributed by atoms with Gasteiger partial charge in [-0.3, -0.25) is 4.68 Å². The van der Waals surface area contributed by atoms with Crippen molar-refractivity contribution in [3.8, 4) is 22.6 Å². The summed E-state index contributed by atoms with van der Waals surface area (Å²) in [5, 5.41) is 13.8. The molecule has 108 valence electrons. The molecule has 0 saturated heterocycles. The van der Waals surface area contributed by atoms with Crippen molar-refractivity contribution in [3.05, 3.63) is 30.6 Å². The monoisotopic (exact) mass is 286 g/mol. The van der Waals surface area contributed by atoms with Gasteiger partial charge in [0.25, 0.3) is 0 Å². The second kappa shape index (κ2) is 5.44. The number of ether oxygens (including phenoxy) is 1. The highest BCUT2D eigenvalue weighted by Crippen LogP contribution is 2.34. The number of halogens is 3. The predicted molar refractivity (Wildman–Crippen MR) is 66.3 cm³/mol. The van der Waals surface area contributed by atoms with Crippen molar-refractivity contribution in [1.82, 2.24) is 9.78 Å². The molecule has 1 aromatic heterocycles. The van der Waals surface area contributed by atoms with Crippen molar-refractivity contribution < 1.29 is 23.0 Å². The summed E-state index contributed by atoms with van der Waals surface area (Å²) < 4.78 is 42.0. The van der Waals surface area contributed by atoms with Crippen molar-refractivity contribution in [2.24, 2.45) is 0 Å². The summed E-state index contributed by atoms with van der Waals surface area (Å²) in [5.74, 6) is -0.510. The first kappa shape index (κ1) is 14.2. The minimum absolute atomic E-state index is 0.129. The lowest BCUT2D eigenvalue weighted by molar-refractivity contribution is -0.274. The summed E-state index contributed by atoms with van der Waals surface area (Å²) in [7, 11) is 0. The highest BCUT2D eigenvalue weighted by atomic mass is 19.4. The number of phenolic OH excluding ortho intramolecular Hbond substituents is 1. The average molecular weight is 286 g/mol. The van der Waals surface area contributed by atoms with Crippen molar-refractivity contribution >= 4 is 0 Å². The Morgan fingerprint density at radius 3 is 2.75 bits per heavy atom. The zero-order chi connectivity index (χ0) is 14.8. The van der Waals surface area contributed by atoms with Crippen LogP contribution in [-0.2, 0) is 6.54 Å². The van der Waals surface area contributed by atoms with Gasteiger partial charge in [-0.1, -0.05) is 6.92 Å². The number of rotatable bonds is 4. The Labute approximate surface area is 113 Å². The van der Waals surface area contributed by atoms with Crippen molar-refractivity contribution in [2.75, 3.05) is 0 Å². The van der Waals surface area contributed by atoms with E-state index in [1.165, 1.54) is 6.20 Å². The lowest BCUT2D eigenvalue weighted by Gasteiger charge is -2.10. The SMILES string of the molecule is CCCn1cc(-c2cc(OC(F)(F)F)ccc2O)cn1. The smallest absolute Gasteiger partial charge is 0.507 e. The summed E-state index contributed by atoms with van der Waals surface area (Å²) in [6.45, 7) is 2.68. The van der Waals surface area contributed by atoms with Crippen LogP contribution in [0.2, 0.25) is 0 Å². The maximum absolute atomic E-state index is 12.2. The second-order valence-corrected chi connectivity index (χ2v) is 4.22. The first-order valence-electron chi connectivity index (χ1n) is 6.00. The number of hydrogen-bond donors (Lipinski definition) is 1. The molecular formula is C13H13F3N2O2. The standard InChI is InChI=1S/C13H13F3N2O2/c1-2-5-18-8-9(7-17-18)11-6-10(3-4-12(11)19)20-13(14,15)16/h3-4,6-8,19H,2,5H2,1H3. The van der Waals surface area contributed by atoms with Crippen LogP contribution in [0.15, 0.2) is 30.6 Å². The molecule has 1 aromatic carbocycles. The number of benzene rings is 1. The maximum atomic E-state index is 12.2. The molecule has 0 atom stereocenters. The summed E-state index contributed by atoms with van der Waals surface area (Å²) in [6.07, 6.45) is -0.733. The van der Waals surface area contributed by atoms with Crippen LogP contribution in [0.4, 0.5) is 13.2 Å². The van der Waals surface area contributed by atoms with Gasteiger partial charge in [0.2, 0.25) is 0 Å². The normalized spacial score (nSPS) is 11.6. The Morgan fingerprint density at radius 1 is 1.35 bits per heavy atom. The van der Waals surface area contributed by atoms with E-state index in [4.69, 9.17) is 0 Å². The van der Waals surface area contributed by atoms with Crippen LogP contribution in [0.3, 0.4) is 0 Å². The summed E-state index contributed by atoms with van der Waals surface area (Å²) in [4.78, 5) is 0. The Bertz CT molecular complexity index is 594. The van der Waals surface area contributed by atoms with Crippen LogP contribution < -0.4 is 4.74 Å². The molecule has 0 aliphatic carbocycles. The third-order valence-corrected chi connectivity index (χ3v) is 2.60. The molecule has 0 unspecified atom stereocenters. The quantitative estimate of drug-likeness (QED) is 0.934. The van der Waals surface area contributed by atoms with E-state index >= 15 is 0 Å². The number of phenols is 1. The Balaban J connectivity index is 2.32. The molecule has 2 aromatic rings. The molecule has 0 aliphatic rings. The molecule has 0 bridgehead atoms. The van der Waals surface area contributed by atoms with E-state index in [0.717, 1.165) is 24.6 Å². The fourth-order valence-electron chi connectivity index (χ4n) is 1.80. The summed E-state index contributed by atoms with van der Waals surface area (Å²) >= 11 is 0. The number of aromatic nitrogens is 2. The van der Waals surface area contributed by atoms with Gasteiger partial charge in [0.1, 0.15) is 11.5 Å². The van der Waals surface area contributed by atoms with Gasteiger partial charge >= 0.3 is 6.36 Å². The van der Waals surface area contributed by atoms with Crippen LogP contribution in [0.1, 0.15) is 13.3 Å². The number of hydrogen-bond acceptors (Lipinski definition) is 3. The molecule has 0 fully saturated rings. The number of alkyl halides is 3. The van der Waals surface area contributed by atoms with Gasteiger partial charge in [-0.15, -0.1) is 13.2 Å². The zero-order valence-electron chi connectivity index (χ0n) is 10.7. The molecule has 0 aliphatic heterocycles. The van der Waals surface area contributed by atoms with Gasteiger partial charge in [0, 0.05) is 23.9 Å². The molecule has 0 amide bonds. The van der Waals surface area contributed by atoms with E-state index in [0.29, 0.717) is 12.1 Å². The van der Waals surface area contributed by atoms with Crippen LogP contribution in [0, 0.1) is 0 Å². The number of nitrogens with zero attached hydrogens (tertiary/aromatic N) is 2. The molecule has 2 rings (SSSR count). The van der Waals surface area contributed by atoms with Crippen molar-refractivity contribution in [3.63, 3.8) is 0 Å². The summed E-state index contributed by atoms with van der Waals surface area (Å²) in [5.41, 5.74) is 0.776. The fraction of sp³-hybridized carbons (Fsp3) is 0.308. The van der Waals surface area contributed by atoms with Crippen LogP contribution >= 0.6 is 0 Å². The van der Waals surface area contributed by atoms with Gasteiger partial charge in [-0.2, -0.15) is 5.10 Å². The lowest BCUT2D eigenvalue weighted by atomic mass is 10.1. The first-order chi connectivity index (χ1) is 9.39. The molecule has 7 heteroatoms. The highest BCUT2D eigenvalue weighted by Gasteiger charge is 2.31. The molecule has 1 heterocycles. The van der Waals surface area contributed by atoms with E-state index in [1.807, 2.05) is 6.92 Å². The Kier molecular flexibility index (Phi) is 3.87. The van der Waals surface area contributed by atoms with E-state index in [1.54, 1.807) is 10.9 Å². The third kappa shape index (κ3) is 3.43. The Hall–Kier alpha value is -2.18. The molecule has 0 spiro atoms. The van der Waals surface area contributed by atoms with E-state index in [-0.39, 0.29) is 17.1 Å². The maximum Gasteiger partial charge on any atom is 0.573 e. The molecule has 0 saturated carbocycles. The van der Waals surface area contributed by atoms with Gasteiger partial charge in [0.15, 0.2) is 0 Å². The van der Waals surface area contributed by atoms with Gasteiger partial charge in [-0.05, 0) is 24.6 Å². The average Bonchev–Trinajstić information content (AvgIpc) is 2.79. The van der Waals surface area contributed by atoms with Gasteiger partial charge in [0.05, 0.1) is 6.20 Å². The van der Waals surface area contributed by atoms with E-state index in [2.05, 4.69) is 9.84 Å². The molecule has 1 N–H and O–H groups in total. The van der Waals surface area contributed by atoms with Crippen molar-refractivity contribution in [2.45, 2.75) is 26.3 Å². The summed E-state index contributed by atoms with van der Waals surface area (Å²) in [6, 6.07) is 3.35. The zero-order valence-corrected chi connectivity index (χ0v) is 10.7. The van der Waals surface area contributed by atoms with E-state index in [9.17, 15) is 18.3 Å². The molecule has 20 heavy (non-hydrogen) atoms. The molecule has 0 radical (unpaired) electrons. The van der Waals surface area contributed by atoms with Crippen LogP contribution in [0.25, 0.3) is 11.1 Å². The van der Waals surface area contributed by atoms with Gasteiger partial charge < -0.3 is 9.84 Å². The Morgan fingerprint density at radius 2 is 2.10 bits per heavy atom. The van der Waals surface area contributed by atoms with Crippen LogP contribution in [-0.4, -0.2) is 21.2 Å². The highest BCUT2D eigenvalue weighted by molar-refractivity contribution is 5.70. The number of aryl methyl sites for hydroxylation is 1. The van der Waals surface area contributed by atoms with Crippen LogP contribution in [0.5, 0.6) is 11.5 Å². The first-order valence-corrected chi connectivity index (χ1v) is 6.00. The second-order valence-electron chi connectivity index (χ2n) is 4.22. The predicted octanol–water partition coefficient (Wildman–Crippen LogP) is 3.56. The minimum Gasteiger partial charge on any atom is -0.507 e. The topological polar surface area (TPSA) is 47.3 Å². The number of aromatic hydroxyl groups is 1.